The van der Waals surface area contributed by atoms with Crippen LogP contribution in [0.2, 0.25) is 0 Å². The lowest BCUT2D eigenvalue weighted by molar-refractivity contribution is -0.161. The van der Waals surface area contributed by atoms with E-state index in [4.69, 9.17) is 23.8 Å². The number of ketones is 1. The summed E-state index contributed by atoms with van der Waals surface area (Å²) in [5.41, 5.74) is 0. The number of unbranched alkanes of at least 4 members (excludes halogenated alkanes) is 14. The maximum absolute atomic E-state index is 12.7. The Morgan fingerprint density at radius 3 is 1.90 bits per heavy atom. The van der Waals surface area contributed by atoms with Gasteiger partial charge in [-0.1, -0.05) is 121 Å². The fourth-order valence-corrected chi connectivity index (χ4v) is 7.95. The Hall–Kier alpha value is -2.07. The van der Waals surface area contributed by atoms with Crippen molar-refractivity contribution in [3.05, 3.63) is 36.5 Å². The number of rotatable bonds is 39. The summed E-state index contributed by atoms with van der Waals surface area (Å²) in [5, 5.41) is 30.5. The van der Waals surface area contributed by atoms with E-state index in [1.54, 1.807) is 12.2 Å². The predicted molar refractivity (Wildman–Crippen MR) is 236 cm³/mol. The number of phosphoric acid groups is 2. The van der Waals surface area contributed by atoms with E-state index in [2.05, 4.69) is 35.0 Å². The molecule has 1 aliphatic rings. The molecule has 1 aliphatic carbocycles. The summed E-state index contributed by atoms with van der Waals surface area (Å²) in [6.07, 6.45) is 26.4. The van der Waals surface area contributed by atoms with Gasteiger partial charge >= 0.3 is 27.6 Å². The molecule has 6 N–H and O–H groups in total. The number of Topliss-reactive ketones (excluding diaryl/α,β-unsaturated/α-hetero) is 1. The van der Waals surface area contributed by atoms with Gasteiger partial charge in [-0.15, -0.1) is 0 Å². The molecule has 0 spiro atoms. The van der Waals surface area contributed by atoms with E-state index in [1.807, 2.05) is 12.2 Å². The second-order valence-corrected chi connectivity index (χ2v) is 18.8. The van der Waals surface area contributed by atoms with Crippen LogP contribution >= 0.6 is 15.6 Å². The van der Waals surface area contributed by atoms with Crippen molar-refractivity contribution in [3.63, 3.8) is 0 Å². The Bertz CT molecular complexity index is 1400. The van der Waals surface area contributed by atoms with Gasteiger partial charge in [0.1, 0.15) is 18.5 Å². The summed E-state index contributed by atoms with van der Waals surface area (Å²) in [4.78, 5) is 65.5. The van der Waals surface area contributed by atoms with Gasteiger partial charge in [0.05, 0.1) is 32.0 Å². The Balaban J connectivity index is 2.56. The van der Waals surface area contributed by atoms with Gasteiger partial charge in [0.25, 0.3) is 0 Å². The van der Waals surface area contributed by atoms with Crippen LogP contribution < -0.4 is 0 Å². The third-order valence-corrected chi connectivity index (χ3v) is 11.8. The van der Waals surface area contributed by atoms with Crippen LogP contribution in [0.3, 0.4) is 0 Å². The molecular formula is C44H78O16P2. The molecule has 16 nitrogen and oxygen atoms in total. The van der Waals surface area contributed by atoms with Crippen molar-refractivity contribution in [2.24, 2.45) is 11.8 Å². The molecule has 1 unspecified atom stereocenters. The highest BCUT2D eigenvalue weighted by Crippen LogP contribution is 2.44. The lowest BCUT2D eigenvalue weighted by Gasteiger charge is -2.20. The first-order chi connectivity index (χ1) is 29.6. The zero-order chi connectivity index (χ0) is 46.1. The second-order valence-electron chi connectivity index (χ2n) is 16.1. The molecule has 0 saturated heterocycles. The van der Waals surface area contributed by atoms with Crippen LogP contribution in [0.1, 0.15) is 162 Å². The highest BCUT2D eigenvalue weighted by Gasteiger charge is 2.39. The Labute approximate surface area is 369 Å². The maximum atomic E-state index is 12.7. The molecule has 7 atom stereocenters. The zero-order valence-corrected chi connectivity index (χ0v) is 39.0. The molecule has 1 saturated carbocycles. The number of ether oxygens (including phenoxy) is 2. The number of aliphatic hydroxyl groups excluding tert-OH is 3. The van der Waals surface area contributed by atoms with E-state index in [9.17, 15) is 43.7 Å². The Kier molecular flexibility index (Phi) is 32.9. The molecule has 18 heteroatoms. The van der Waals surface area contributed by atoms with E-state index in [-0.39, 0.29) is 31.0 Å². The van der Waals surface area contributed by atoms with Crippen LogP contribution in [0, 0.1) is 11.8 Å². The summed E-state index contributed by atoms with van der Waals surface area (Å²) >= 11 is 0. The monoisotopic (exact) mass is 924 g/mol. The minimum absolute atomic E-state index is 0.000218. The highest BCUT2D eigenvalue weighted by atomic mass is 31.2. The summed E-state index contributed by atoms with van der Waals surface area (Å²) in [6, 6.07) is 0. The quantitative estimate of drug-likeness (QED) is 0.0147. The lowest BCUT2D eigenvalue weighted by Crippen LogP contribution is -2.30. The number of hydrogen-bond acceptors (Lipinski definition) is 13. The normalized spacial score (nSPS) is 19.7. The Morgan fingerprint density at radius 2 is 1.24 bits per heavy atom. The molecule has 360 valence electrons. The van der Waals surface area contributed by atoms with Gasteiger partial charge in [-0.25, -0.2) is 9.13 Å². The smallest absolute Gasteiger partial charge is 0.462 e. The first-order valence-corrected chi connectivity index (χ1v) is 25.8. The average Bonchev–Trinajstić information content (AvgIpc) is 3.49. The number of carbonyl (C=O) groups is 3. The molecule has 1 fully saturated rings. The van der Waals surface area contributed by atoms with Crippen molar-refractivity contribution in [1.82, 2.24) is 0 Å². The fourth-order valence-electron chi connectivity index (χ4n) is 6.79. The molecule has 62 heavy (non-hydrogen) atoms. The number of allylic oxidation sites excluding steroid dienone is 4. The maximum Gasteiger partial charge on any atom is 0.472 e. The predicted octanol–water partition coefficient (Wildman–Crippen LogP) is 8.26. The molecule has 0 aromatic rings. The van der Waals surface area contributed by atoms with Crippen molar-refractivity contribution >= 4 is 33.4 Å². The number of aliphatic hydroxyl groups is 3. The molecule has 0 heterocycles. The topological polar surface area (TPSA) is 253 Å². The van der Waals surface area contributed by atoms with E-state index in [1.165, 1.54) is 25.7 Å². The Morgan fingerprint density at radius 1 is 0.694 bits per heavy atom. The zero-order valence-electron chi connectivity index (χ0n) is 37.2. The van der Waals surface area contributed by atoms with Gasteiger partial charge in [-0.2, -0.15) is 0 Å². The van der Waals surface area contributed by atoms with E-state index in [0.29, 0.717) is 32.1 Å². The second kappa shape index (κ2) is 35.2. The van der Waals surface area contributed by atoms with Crippen molar-refractivity contribution in [2.45, 2.75) is 186 Å². The minimum atomic E-state index is -4.90. The van der Waals surface area contributed by atoms with Crippen LogP contribution in [0.15, 0.2) is 36.5 Å². The molecule has 0 bridgehead atoms. The van der Waals surface area contributed by atoms with Crippen LogP contribution in [0.25, 0.3) is 0 Å². The number of phosphoric ester groups is 2. The molecule has 0 amide bonds. The third-order valence-electron chi connectivity index (χ3n) is 10.4. The summed E-state index contributed by atoms with van der Waals surface area (Å²) in [7, 11) is -9.77. The van der Waals surface area contributed by atoms with Gasteiger partial charge in [0, 0.05) is 31.1 Å². The first-order valence-electron chi connectivity index (χ1n) is 22.8. The fraction of sp³-hybridized carbons (Fsp3) is 0.795. The van der Waals surface area contributed by atoms with E-state index >= 15 is 0 Å². The highest BCUT2D eigenvalue weighted by molar-refractivity contribution is 7.47. The van der Waals surface area contributed by atoms with Crippen molar-refractivity contribution in [1.29, 1.82) is 0 Å². The van der Waals surface area contributed by atoms with Gasteiger partial charge in [0.15, 0.2) is 6.10 Å². The number of hydrogen-bond donors (Lipinski definition) is 6. The minimum Gasteiger partial charge on any atom is -0.462 e. The van der Waals surface area contributed by atoms with Gasteiger partial charge in [-0.3, -0.25) is 28.0 Å². The summed E-state index contributed by atoms with van der Waals surface area (Å²) < 4.78 is 47.8. The lowest BCUT2D eigenvalue weighted by atomic mass is 9.90. The molecule has 1 rings (SSSR count). The number of esters is 2. The first kappa shape index (κ1) is 57.9. The summed E-state index contributed by atoms with van der Waals surface area (Å²) in [5.74, 6) is -2.07. The molecular weight excluding hydrogens is 846 g/mol. The van der Waals surface area contributed by atoms with Crippen LogP contribution in [-0.2, 0) is 46.6 Å². The molecule has 0 aromatic heterocycles. The standard InChI is InChI=1S/C44H78O16P2/c1-3-5-7-8-9-10-11-12-13-14-15-16-17-18-24-28-44(50)60-38(35-59-62(54,55)58-33-37(46)32-57-61(51,52)53)34-56-43(49)27-23-20-19-22-26-39-40(42(48)31-41(39)47)30-29-36(45)25-21-6-4-2/h10-11,19,22,29-30,36-40,42,45-46,48H,3-9,12-18,20-21,23-28,31-35H2,1-2H3,(H,54,55)(H2,51,52,53)/b11-10-,22-19-,30-29+/t36-,37-,38+,39+,40+,42+/m0/s1. The number of carbonyl (C=O) groups excluding carboxylic acids is 3. The van der Waals surface area contributed by atoms with E-state index in [0.717, 1.165) is 70.6 Å². The summed E-state index contributed by atoms with van der Waals surface area (Å²) in [6.45, 7) is 1.34. The van der Waals surface area contributed by atoms with E-state index < -0.39 is 84.3 Å². The molecule has 0 radical (unpaired) electrons. The molecule has 0 aliphatic heterocycles. The SMILES string of the molecule is CCCCCC/C=C\CCCCCCCCCC(=O)O[C@H](COC(=O)CCC/C=C\C[C@H]1C(=O)C[C@@H](O)[C@@H]1/C=C/[C@@H](O)CCCCC)COP(=O)(O)OC[C@@H](O)COP(=O)(O)O. The van der Waals surface area contributed by atoms with Crippen molar-refractivity contribution in [2.75, 3.05) is 26.4 Å². The van der Waals surface area contributed by atoms with Crippen LogP contribution in [0.5, 0.6) is 0 Å². The average molecular weight is 925 g/mol. The molecule has 0 aromatic carbocycles. The van der Waals surface area contributed by atoms with Crippen LogP contribution in [0.4, 0.5) is 0 Å². The largest absolute Gasteiger partial charge is 0.472 e. The van der Waals surface area contributed by atoms with Crippen molar-refractivity contribution < 1.29 is 76.6 Å². The van der Waals surface area contributed by atoms with Crippen molar-refractivity contribution in [3.8, 4) is 0 Å². The third kappa shape index (κ3) is 31.7. The van der Waals surface area contributed by atoms with Crippen LogP contribution in [-0.4, -0.2) is 98.6 Å². The van der Waals surface area contributed by atoms with Gasteiger partial charge < -0.3 is 39.5 Å². The van der Waals surface area contributed by atoms with Gasteiger partial charge in [0.2, 0.25) is 0 Å². The van der Waals surface area contributed by atoms with Gasteiger partial charge in [-0.05, 0) is 57.8 Å².